The minimum absolute atomic E-state index is 0.138. The maximum atomic E-state index is 13.1. The van der Waals surface area contributed by atoms with Crippen LogP contribution in [0, 0.1) is 0 Å². The third-order valence-corrected chi connectivity index (χ3v) is 6.88. The number of rotatable bonds is 9. The Labute approximate surface area is 198 Å². The fourth-order valence-corrected chi connectivity index (χ4v) is 4.79. The average molecular weight is 461 g/mol. The second-order valence-electron chi connectivity index (χ2n) is 8.34. The fourth-order valence-electron chi connectivity index (χ4n) is 3.99. The van der Waals surface area contributed by atoms with E-state index in [4.69, 9.17) is 0 Å². The van der Waals surface area contributed by atoms with Crippen molar-refractivity contribution in [1.82, 2.24) is 10.2 Å². The van der Waals surface area contributed by atoms with Gasteiger partial charge in [-0.3, -0.25) is 19.3 Å². The minimum Gasteiger partial charge on any atom is -0.340 e. The van der Waals surface area contributed by atoms with Crippen molar-refractivity contribution in [3.8, 4) is 0 Å². The number of nitrogens with zero attached hydrogens (tertiary/aromatic N) is 1. The Morgan fingerprint density at radius 1 is 0.970 bits per heavy atom. The van der Waals surface area contributed by atoms with Crippen LogP contribution in [0.4, 0.5) is 0 Å². The van der Waals surface area contributed by atoms with Crippen molar-refractivity contribution >= 4 is 29.1 Å². The van der Waals surface area contributed by atoms with Gasteiger partial charge in [-0.2, -0.15) is 0 Å². The number of carbonyl (C=O) groups is 3. The summed E-state index contributed by atoms with van der Waals surface area (Å²) in [7, 11) is 0. The molecule has 2 heterocycles. The maximum Gasteiger partial charge on any atom is 0.252 e. The number of benzene rings is 2. The van der Waals surface area contributed by atoms with Gasteiger partial charge < -0.3 is 5.32 Å². The van der Waals surface area contributed by atoms with Crippen LogP contribution in [-0.4, -0.2) is 22.6 Å². The zero-order valence-electron chi connectivity index (χ0n) is 18.8. The Balaban J connectivity index is 1.47. The van der Waals surface area contributed by atoms with Crippen molar-refractivity contribution in [2.24, 2.45) is 0 Å². The van der Waals surface area contributed by atoms with E-state index in [2.05, 4.69) is 36.5 Å². The molecule has 3 amide bonds. The molecule has 0 bridgehead atoms. The molecule has 1 fully saturated rings. The average Bonchev–Trinajstić information content (AvgIpc) is 3.48. The van der Waals surface area contributed by atoms with Crippen LogP contribution >= 0.6 is 11.3 Å². The lowest BCUT2D eigenvalue weighted by molar-refractivity contribution is -0.139. The first kappa shape index (κ1) is 22.9. The summed E-state index contributed by atoms with van der Waals surface area (Å²) in [6.45, 7) is 2.44. The van der Waals surface area contributed by atoms with Crippen LogP contribution < -0.4 is 5.32 Å². The summed E-state index contributed by atoms with van der Waals surface area (Å²) in [6.07, 6.45) is 3.96. The summed E-state index contributed by atoms with van der Waals surface area (Å²) < 4.78 is 0. The molecule has 1 aliphatic rings. The highest BCUT2D eigenvalue weighted by Crippen LogP contribution is 2.27. The van der Waals surface area contributed by atoms with Crippen LogP contribution in [0.5, 0.6) is 0 Å². The predicted octanol–water partition coefficient (Wildman–Crippen LogP) is 5.26. The molecule has 33 heavy (non-hydrogen) atoms. The molecule has 2 aromatic carbocycles. The summed E-state index contributed by atoms with van der Waals surface area (Å²) in [5.74, 6) is -0.439. The topological polar surface area (TPSA) is 66.5 Å². The third-order valence-electron chi connectivity index (χ3n) is 5.95. The number of hydrogen-bond donors (Lipinski definition) is 1. The summed E-state index contributed by atoms with van der Waals surface area (Å²) >= 11 is 1.62. The molecule has 1 N–H and O–H groups in total. The van der Waals surface area contributed by atoms with Crippen LogP contribution in [0.25, 0.3) is 0 Å². The lowest BCUT2D eigenvalue weighted by Crippen LogP contribution is -2.29. The Kier molecular flexibility index (Phi) is 7.35. The molecule has 1 aliphatic heterocycles. The zero-order valence-corrected chi connectivity index (χ0v) is 19.6. The number of nitrogens with one attached hydrogen (secondary N) is 1. The van der Waals surface area contributed by atoms with E-state index in [1.54, 1.807) is 35.6 Å². The van der Waals surface area contributed by atoms with E-state index >= 15 is 0 Å². The third kappa shape index (κ3) is 5.57. The normalized spacial score (nSPS) is 14.5. The molecule has 6 heteroatoms. The molecule has 170 valence electrons. The van der Waals surface area contributed by atoms with E-state index in [1.807, 2.05) is 17.5 Å². The van der Waals surface area contributed by atoms with Crippen molar-refractivity contribution < 1.29 is 14.4 Å². The summed E-state index contributed by atoms with van der Waals surface area (Å²) in [5, 5.41) is 5.19. The van der Waals surface area contributed by atoms with Crippen molar-refractivity contribution in [2.45, 2.75) is 51.6 Å². The highest BCUT2D eigenvalue weighted by Gasteiger charge is 2.28. The van der Waals surface area contributed by atoms with Gasteiger partial charge in [-0.1, -0.05) is 55.8 Å². The van der Waals surface area contributed by atoms with Crippen LogP contribution in [-0.2, 0) is 22.6 Å². The summed E-state index contributed by atoms with van der Waals surface area (Å²) in [5.41, 5.74) is 3.72. The van der Waals surface area contributed by atoms with E-state index in [-0.39, 0.29) is 43.1 Å². The Bertz CT molecular complexity index is 1090. The lowest BCUT2D eigenvalue weighted by Gasteiger charge is -2.19. The number of thiophene rings is 1. The van der Waals surface area contributed by atoms with Gasteiger partial charge in [-0.25, -0.2) is 0 Å². The second kappa shape index (κ2) is 10.6. The van der Waals surface area contributed by atoms with Gasteiger partial charge in [0.05, 0.1) is 12.6 Å². The minimum atomic E-state index is -0.225. The Hall–Kier alpha value is -3.25. The highest BCUT2D eigenvalue weighted by molar-refractivity contribution is 7.10. The van der Waals surface area contributed by atoms with Gasteiger partial charge in [0, 0.05) is 23.3 Å². The van der Waals surface area contributed by atoms with Gasteiger partial charge in [0.1, 0.15) is 0 Å². The number of aryl methyl sites for hydroxylation is 1. The van der Waals surface area contributed by atoms with Crippen molar-refractivity contribution in [1.29, 1.82) is 0 Å². The van der Waals surface area contributed by atoms with E-state index in [1.165, 1.54) is 23.3 Å². The molecule has 4 rings (SSSR count). The summed E-state index contributed by atoms with van der Waals surface area (Å²) in [4.78, 5) is 39.1. The van der Waals surface area contributed by atoms with E-state index in [0.717, 1.165) is 22.4 Å². The van der Waals surface area contributed by atoms with Gasteiger partial charge in [0.15, 0.2) is 0 Å². The first-order valence-electron chi connectivity index (χ1n) is 11.4. The number of imide groups is 1. The first-order chi connectivity index (χ1) is 16.0. The molecule has 0 spiro atoms. The molecule has 0 saturated carbocycles. The smallest absolute Gasteiger partial charge is 0.252 e. The number of hydrogen-bond acceptors (Lipinski definition) is 4. The van der Waals surface area contributed by atoms with Crippen LogP contribution in [0.1, 0.15) is 70.6 Å². The van der Waals surface area contributed by atoms with Gasteiger partial charge in [0.25, 0.3) is 5.91 Å². The quantitative estimate of drug-likeness (QED) is 0.443. The van der Waals surface area contributed by atoms with E-state index < -0.39 is 0 Å². The van der Waals surface area contributed by atoms with E-state index in [0.29, 0.717) is 5.56 Å². The number of unbranched alkanes of at least 4 members (excludes halogenated alkanes) is 1. The molecule has 1 saturated heterocycles. The molecule has 1 unspecified atom stereocenters. The van der Waals surface area contributed by atoms with Crippen LogP contribution in [0.2, 0.25) is 0 Å². The van der Waals surface area contributed by atoms with Crippen molar-refractivity contribution in [3.05, 3.63) is 93.2 Å². The molecule has 3 aromatic rings. The molecular weight excluding hydrogens is 432 g/mol. The fraction of sp³-hybridized carbons (Fsp3) is 0.296. The zero-order chi connectivity index (χ0) is 23.2. The van der Waals surface area contributed by atoms with Crippen molar-refractivity contribution in [2.75, 3.05) is 0 Å². The first-order valence-corrected chi connectivity index (χ1v) is 12.3. The van der Waals surface area contributed by atoms with E-state index in [9.17, 15) is 14.4 Å². The lowest BCUT2D eigenvalue weighted by atomic mass is 10.0. The predicted molar refractivity (Wildman–Crippen MR) is 130 cm³/mol. The van der Waals surface area contributed by atoms with Gasteiger partial charge in [-0.15, -0.1) is 11.3 Å². The standard InChI is InChI=1S/C27H28N2O3S/c1-2-3-5-19-7-11-21(12-8-19)26(23-6-4-17-33-23)28-27(32)22-13-9-20(10-14-22)18-29-24(30)15-16-25(29)31/h4,6-14,17,26H,2-3,5,15-16,18H2,1H3,(H,28,32). The van der Waals surface area contributed by atoms with Crippen LogP contribution in [0.15, 0.2) is 66.0 Å². The molecule has 0 radical (unpaired) electrons. The highest BCUT2D eigenvalue weighted by atomic mass is 32.1. The summed E-state index contributed by atoms with van der Waals surface area (Å²) in [6, 6.07) is 19.4. The molecule has 1 atom stereocenters. The Morgan fingerprint density at radius 3 is 2.24 bits per heavy atom. The van der Waals surface area contributed by atoms with Crippen LogP contribution in [0.3, 0.4) is 0 Å². The van der Waals surface area contributed by atoms with Gasteiger partial charge >= 0.3 is 0 Å². The molecular formula is C27H28N2O3S. The largest absolute Gasteiger partial charge is 0.340 e. The molecule has 5 nitrogen and oxygen atoms in total. The number of carbonyl (C=O) groups excluding carboxylic acids is 3. The second-order valence-corrected chi connectivity index (χ2v) is 9.32. The van der Waals surface area contributed by atoms with Gasteiger partial charge in [-0.05, 0) is 53.1 Å². The number of likely N-dealkylation sites (tertiary alicyclic amines) is 1. The number of amides is 3. The van der Waals surface area contributed by atoms with Gasteiger partial charge in [0.2, 0.25) is 11.8 Å². The SMILES string of the molecule is CCCCc1ccc(C(NC(=O)c2ccc(CN3C(=O)CCC3=O)cc2)c2cccs2)cc1. The molecule has 1 aromatic heterocycles. The maximum absolute atomic E-state index is 13.1. The van der Waals surface area contributed by atoms with Crippen molar-refractivity contribution in [3.63, 3.8) is 0 Å². The Morgan fingerprint density at radius 2 is 1.64 bits per heavy atom. The monoisotopic (exact) mass is 460 g/mol. The molecule has 0 aliphatic carbocycles.